The van der Waals surface area contributed by atoms with Gasteiger partial charge < -0.3 is 10.2 Å². The average Bonchev–Trinajstić information content (AvgIpc) is 2.41. The van der Waals surface area contributed by atoms with E-state index in [1.54, 1.807) is 5.01 Å². The fourth-order valence-electron chi connectivity index (χ4n) is 1.87. The Morgan fingerprint density at radius 1 is 1.15 bits per heavy atom. The van der Waals surface area contributed by atoms with Crippen LogP contribution < -0.4 is 10.7 Å². The van der Waals surface area contributed by atoms with Gasteiger partial charge in [-0.25, -0.2) is 9.40 Å². The van der Waals surface area contributed by atoms with Gasteiger partial charge in [0.1, 0.15) is 5.82 Å². The molecule has 1 aliphatic heterocycles. The molecule has 6 nitrogen and oxygen atoms in total. The minimum absolute atomic E-state index is 0.253. The SMILES string of the molecule is CN1CCN(NC(=O)C(=O)Nc2cccc(F)c2)CC1. The Bertz CT molecular complexity index is 501. The predicted octanol–water partition coefficient (Wildman–Crippen LogP) is 0.0428. The molecule has 1 aromatic carbocycles. The highest BCUT2D eigenvalue weighted by molar-refractivity contribution is 6.39. The molecule has 0 radical (unpaired) electrons. The number of anilines is 1. The summed E-state index contributed by atoms with van der Waals surface area (Å²) in [5.41, 5.74) is 2.79. The highest BCUT2D eigenvalue weighted by Gasteiger charge is 2.20. The number of amides is 2. The van der Waals surface area contributed by atoms with Crippen molar-refractivity contribution in [3.05, 3.63) is 30.1 Å². The van der Waals surface area contributed by atoms with E-state index in [1.165, 1.54) is 18.2 Å². The van der Waals surface area contributed by atoms with Gasteiger partial charge in [-0.3, -0.25) is 15.0 Å². The molecule has 1 aromatic rings. The molecule has 0 spiro atoms. The first-order valence-electron chi connectivity index (χ1n) is 6.35. The highest BCUT2D eigenvalue weighted by Crippen LogP contribution is 2.08. The van der Waals surface area contributed by atoms with Gasteiger partial charge in [0.2, 0.25) is 0 Å². The van der Waals surface area contributed by atoms with Crippen molar-refractivity contribution in [3.63, 3.8) is 0 Å². The molecule has 7 heteroatoms. The number of rotatable bonds is 2. The molecule has 1 fully saturated rings. The molecule has 2 rings (SSSR count). The van der Waals surface area contributed by atoms with Crippen molar-refractivity contribution in [2.24, 2.45) is 0 Å². The van der Waals surface area contributed by atoms with Crippen molar-refractivity contribution >= 4 is 17.5 Å². The molecule has 20 heavy (non-hydrogen) atoms. The van der Waals surface area contributed by atoms with Crippen molar-refractivity contribution in [3.8, 4) is 0 Å². The lowest BCUT2D eigenvalue weighted by atomic mass is 10.3. The first kappa shape index (κ1) is 14.4. The summed E-state index contributed by atoms with van der Waals surface area (Å²) in [6.07, 6.45) is 0. The van der Waals surface area contributed by atoms with E-state index in [0.29, 0.717) is 13.1 Å². The second-order valence-corrected chi connectivity index (χ2v) is 4.70. The van der Waals surface area contributed by atoms with Gasteiger partial charge in [0.05, 0.1) is 0 Å². The smallest absolute Gasteiger partial charge is 0.318 e. The summed E-state index contributed by atoms with van der Waals surface area (Å²) < 4.78 is 13.0. The normalized spacial score (nSPS) is 16.7. The van der Waals surface area contributed by atoms with Gasteiger partial charge in [0.15, 0.2) is 0 Å². The Morgan fingerprint density at radius 3 is 2.50 bits per heavy atom. The Balaban J connectivity index is 1.84. The van der Waals surface area contributed by atoms with Crippen LogP contribution in [0.25, 0.3) is 0 Å². The minimum Gasteiger partial charge on any atom is -0.318 e. The summed E-state index contributed by atoms with van der Waals surface area (Å²) in [6, 6.07) is 5.40. The summed E-state index contributed by atoms with van der Waals surface area (Å²) >= 11 is 0. The molecule has 0 saturated carbocycles. The molecular weight excluding hydrogens is 263 g/mol. The molecule has 0 atom stereocenters. The molecular formula is C13H17FN4O2. The van der Waals surface area contributed by atoms with Gasteiger partial charge >= 0.3 is 11.8 Å². The van der Waals surface area contributed by atoms with E-state index in [4.69, 9.17) is 0 Å². The number of hydrogen-bond acceptors (Lipinski definition) is 4. The second kappa shape index (κ2) is 6.44. The molecule has 1 heterocycles. The Hall–Kier alpha value is -1.99. The van der Waals surface area contributed by atoms with Crippen molar-refractivity contribution in [2.45, 2.75) is 0 Å². The number of piperazine rings is 1. The number of nitrogens with one attached hydrogen (secondary N) is 2. The van der Waals surface area contributed by atoms with E-state index in [0.717, 1.165) is 19.2 Å². The van der Waals surface area contributed by atoms with Crippen LogP contribution in [-0.2, 0) is 9.59 Å². The first-order chi connectivity index (χ1) is 9.54. The fraction of sp³-hybridized carbons (Fsp3) is 0.385. The second-order valence-electron chi connectivity index (χ2n) is 4.70. The first-order valence-corrected chi connectivity index (χ1v) is 6.35. The number of carbonyl (C=O) groups is 2. The molecule has 2 N–H and O–H groups in total. The fourth-order valence-corrected chi connectivity index (χ4v) is 1.87. The van der Waals surface area contributed by atoms with Crippen molar-refractivity contribution in [1.29, 1.82) is 0 Å². The number of hydrazine groups is 1. The summed E-state index contributed by atoms with van der Waals surface area (Å²) in [7, 11) is 2.00. The zero-order chi connectivity index (χ0) is 14.5. The summed E-state index contributed by atoms with van der Waals surface area (Å²) in [4.78, 5) is 25.5. The van der Waals surface area contributed by atoms with Gasteiger partial charge in [-0.05, 0) is 25.2 Å². The van der Waals surface area contributed by atoms with Crippen LogP contribution in [-0.4, -0.2) is 54.9 Å². The zero-order valence-corrected chi connectivity index (χ0v) is 11.2. The van der Waals surface area contributed by atoms with E-state index in [2.05, 4.69) is 15.6 Å². The zero-order valence-electron chi connectivity index (χ0n) is 11.2. The van der Waals surface area contributed by atoms with Crippen LogP contribution in [0.15, 0.2) is 24.3 Å². The van der Waals surface area contributed by atoms with Crippen LogP contribution in [0.4, 0.5) is 10.1 Å². The molecule has 0 aliphatic carbocycles. The number of nitrogens with zero attached hydrogens (tertiary/aromatic N) is 2. The predicted molar refractivity (Wildman–Crippen MR) is 72.2 cm³/mol. The number of hydrogen-bond donors (Lipinski definition) is 2. The van der Waals surface area contributed by atoms with E-state index in [9.17, 15) is 14.0 Å². The number of benzene rings is 1. The minimum atomic E-state index is -0.811. The van der Waals surface area contributed by atoms with Gasteiger partial charge in [0, 0.05) is 31.9 Å². The standard InChI is InChI=1S/C13H17FN4O2/c1-17-5-7-18(8-6-17)16-13(20)12(19)15-11-4-2-3-10(14)9-11/h2-4,9H,5-8H2,1H3,(H,15,19)(H,16,20). The van der Waals surface area contributed by atoms with E-state index >= 15 is 0 Å². The van der Waals surface area contributed by atoms with Gasteiger partial charge in [-0.2, -0.15) is 0 Å². The maximum atomic E-state index is 13.0. The van der Waals surface area contributed by atoms with E-state index < -0.39 is 17.6 Å². The van der Waals surface area contributed by atoms with E-state index in [1.807, 2.05) is 7.05 Å². The molecule has 1 aliphatic rings. The summed E-state index contributed by atoms with van der Waals surface area (Å²) in [5, 5.41) is 4.05. The van der Waals surface area contributed by atoms with Gasteiger partial charge in [0.25, 0.3) is 0 Å². The maximum Gasteiger partial charge on any atom is 0.323 e. The molecule has 0 unspecified atom stereocenters. The van der Waals surface area contributed by atoms with Crippen molar-refractivity contribution in [1.82, 2.24) is 15.3 Å². The quantitative estimate of drug-likeness (QED) is 0.751. The lowest BCUT2D eigenvalue weighted by molar-refractivity contribution is -0.139. The molecule has 2 amide bonds. The third kappa shape index (κ3) is 4.01. The molecule has 0 bridgehead atoms. The van der Waals surface area contributed by atoms with Crippen LogP contribution in [0.5, 0.6) is 0 Å². The average molecular weight is 280 g/mol. The Morgan fingerprint density at radius 2 is 1.85 bits per heavy atom. The lowest BCUT2D eigenvalue weighted by Crippen LogP contribution is -2.54. The number of likely N-dealkylation sites (N-methyl/N-ethyl adjacent to an activating group) is 1. The van der Waals surface area contributed by atoms with Gasteiger partial charge in [-0.1, -0.05) is 6.07 Å². The molecule has 1 saturated heterocycles. The number of carbonyl (C=O) groups excluding carboxylic acids is 2. The van der Waals surface area contributed by atoms with Crippen molar-refractivity contribution < 1.29 is 14.0 Å². The third-order valence-electron chi connectivity index (χ3n) is 3.05. The topological polar surface area (TPSA) is 64.7 Å². The summed E-state index contributed by atoms with van der Waals surface area (Å²) in [5.74, 6) is -2.03. The van der Waals surface area contributed by atoms with E-state index in [-0.39, 0.29) is 5.69 Å². The van der Waals surface area contributed by atoms with Crippen LogP contribution >= 0.6 is 0 Å². The van der Waals surface area contributed by atoms with Crippen molar-refractivity contribution in [2.75, 3.05) is 38.5 Å². The largest absolute Gasteiger partial charge is 0.323 e. The Kier molecular flexibility index (Phi) is 4.65. The molecule has 0 aromatic heterocycles. The third-order valence-corrected chi connectivity index (χ3v) is 3.05. The lowest BCUT2D eigenvalue weighted by Gasteiger charge is -2.32. The summed E-state index contributed by atoms with van der Waals surface area (Å²) in [6.45, 7) is 2.97. The highest BCUT2D eigenvalue weighted by atomic mass is 19.1. The van der Waals surface area contributed by atoms with Crippen LogP contribution in [0.1, 0.15) is 0 Å². The monoisotopic (exact) mass is 280 g/mol. The number of halogens is 1. The van der Waals surface area contributed by atoms with Crippen LogP contribution in [0.2, 0.25) is 0 Å². The van der Waals surface area contributed by atoms with Gasteiger partial charge in [-0.15, -0.1) is 0 Å². The van der Waals surface area contributed by atoms with Crippen LogP contribution in [0.3, 0.4) is 0 Å². The Labute approximate surface area is 116 Å². The molecule has 108 valence electrons. The van der Waals surface area contributed by atoms with Crippen LogP contribution in [0, 0.1) is 5.82 Å². The maximum absolute atomic E-state index is 13.0.